The molecule has 172 valence electrons. The van der Waals surface area contributed by atoms with Gasteiger partial charge in [0.15, 0.2) is 5.82 Å². The van der Waals surface area contributed by atoms with Gasteiger partial charge in [0.2, 0.25) is 0 Å². The third-order valence-corrected chi connectivity index (χ3v) is 6.23. The number of anilines is 2. The Labute approximate surface area is 200 Å². The lowest BCUT2D eigenvalue weighted by molar-refractivity contribution is 0.0403. The molecule has 0 radical (unpaired) electrons. The number of hydrogen-bond donors (Lipinski definition) is 2. The Morgan fingerprint density at radius 3 is 2.74 bits per heavy atom. The van der Waals surface area contributed by atoms with Crippen LogP contribution in [0.15, 0.2) is 54.2 Å². The summed E-state index contributed by atoms with van der Waals surface area (Å²) in [6, 6.07) is 11.1. The van der Waals surface area contributed by atoms with Gasteiger partial charge in [0.1, 0.15) is 28.0 Å². The van der Waals surface area contributed by atoms with Crippen LogP contribution in [0.3, 0.4) is 0 Å². The fraction of sp³-hybridized carbons (Fsp3) is 0.250. The van der Waals surface area contributed by atoms with Crippen LogP contribution in [0.25, 0.3) is 11.5 Å². The minimum absolute atomic E-state index is 0.276. The van der Waals surface area contributed by atoms with E-state index in [4.69, 9.17) is 4.74 Å². The van der Waals surface area contributed by atoms with Crippen molar-refractivity contribution in [3.05, 3.63) is 76.1 Å². The van der Waals surface area contributed by atoms with Gasteiger partial charge < -0.3 is 15.4 Å². The van der Waals surface area contributed by atoms with Gasteiger partial charge in [-0.05, 0) is 48.2 Å². The van der Waals surface area contributed by atoms with Crippen molar-refractivity contribution in [2.45, 2.75) is 13.3 Å². The zero-order valence-electron chi connectivity index (χ0n) is 18.6. The molecule has 0 aromatic carbocycles. The molecular weight excluding hydrogens is 450 g/mol. The molecule has 0 atom stereocenters. The van der Waals surface area contributed by atoms with Crippen LogP contribution in [0.2, 0.25) is 0 Å². The molecule has 0 aliphatic carbocycles. The first-order valence-electron chi connectivity index (χ1n) is 10.9. The Morgan fingerprint density at radius 2 is 1.94 bits per heavy atom. The third-order valence-electron chi connectivity index (χ3n) is 5.27. The first-order chi connectivity index (χ1) is 16.6. The second kappa shape index (κ2) is 10.0. The molecule has 1 fully saturated rings. The molecule has 4 aromatic heterocycles. The zero-order chi connectivity index (χ0) is 23.3. The third kappa shape index (κ3) is 5.41. The summed E-state index contributed by atoms with van der Waals surface area (Å²) < 4.78 is 5.40. The van der Waals surface area contributed by atoms with Crippen LogP contribution < -0.4 is 10.6 Å². The van der Waals surface area contributed by atoms with Crippen LogP contribution in [-0.4, -0.2) is 50.6 Å². The Morgan fingerprint density at radius 1 is 1.12 bits per heavy atom. The molecule has 5 heterocycles. The van der Waals surface area contributed by atoms with Crippen molar-refractivity contribution in [2.24, 2.45) is 5.92 Å². The first kappa shape index (κ1) is 22.1. The van der Waals surface area contributed by atoms with Crippen LogP contribution in [0.1, 0.15) is 26.8 Å². The highest BCUT2D eigenvalue weighted by molar-refractivity contribution is 7.12. The van der Waals surface area contributed by atoms with Crippen LogP contribution >= 0.6 is 11.3 Å². The molecule has 0 bridgehead atoms. The summed E-state index contributed by atoms with van der Waals surface area (Å²) in [5, 5.41) is 8.32. The lowest BCUT2D eigenvalue weighted by Crippen LogP contribution is -2.44. The molecule has 4 aromatic rings. The Bertz CT molecular complexity index is 1310. The molecule has 0 saturated carbocycles. The summed E-state index contributed by atoms with van der Waals surface area (Å²) >= 11 is 1.38. The topological polar surface area (TPSA) is 115 Å². The second-order valence-corrected chi connectivity index (χ2v) is 8.94. The first-order valence-corrected chi connectivity index (χ1v) is 11.8. The Kier molecular flexibility index (Phi) is 6.50. The van der Waals surface area contributed by atoms with E-state index in [0.29, 0.717) is 52.8 Å². The maximum atomic E-state index is 12.3. The van der Waals surface area contributed by atoms with E-state index in [9.17, 15) is 4.79 Å². The van der Waals surface area contributed by atoms with Crippen LogP contribution in [-0.2, 0) is 11.2 Å². The molecule has 2 N–H and O–H groups in total. The van der Waals surface area contributed by atoms with E-state index in [1.165, 1.54) is 11.3 Å². The zero-order valence-corrected chi connectivity index (χ0v) is 19.4. The molecular formula is C24H23N7O2S. The number of carbonyl (C=O) groups excluding carboxylic acids is 1. The van der Waals surface area contributed by atoms with E-state index < -0.39 is 0 Å². The maximum absolute atomic E-state index is 12.3. The number of thiophene rings is 1. The Hall–Kier alpha value is -3.76. The molecule has 1 saturated heterocycles. The van der Waals surface area contributed by atoms with Gasteiger partial charge in [0.25, 0.3) is 0 Å². The fourth-order valence-electron chi connectivity index (χ4n) is 3.39. The SMILES string of the molecule is Cc1cccc(-c2nccc(Nc3ccnc(Cc4csc(C(=O)OCC5CNC5)c4)n3)n2)n1. The number of esters is 1. The second-order valence-electron chi connectivity index (χ2n) is 8.03. The van der Waals surface area contributed by atoms with Gasteiger partial charge in [-0.15, -0.1) is 11.3 Å². The van der Waals surface area contributed by atoms with E-state index in [-0.39, 0.29) is 5.97 Å². The molecule has 0 unspecified atom stereocenters. The molecule has 0 spiro atoms. The number of hydrogen-bond acceptors (Lipinski definition) is 10. The van der Waals surface area contributed by atoms with Gasteiger partial charge in [-0.1, -0.05) is 6.07 Å². The Balaban J connectivity index is 1.23. The molecule has 5 rings (SSSR count). The number of ether oxygens (including phenoxy) is 1. The largest absolute Gasteiger partial charge is 0.461 e. The number of nitrogens with one attached hydrogen (secondary N) is 2. The van der Waals surface area contributed by atoms with Crippen LogP contribution in [0.5, 0.6) is 0 Å². The number of aryl methyl sites for hydroxylation is 1. The lowest BCUT2D eigenvalue weighted by atomic mass is 10.1. The van der Waals surface area contributed by atoms with Gasteiger partial charge in [-0.2, -0.15) is 0 Å². The summed E-state index contributed by atoms with van der Waals surface area (Å²) in [6.45, 7) is 4.20. The van der Waals surface area contributed by atoms with Crippen LogP contribution in [0, 0.1) is 12.8 Å². The minimum atomic E-state index is -0.276. The standard InChI is InChI=1S/C24H23N7O2S/c1-15-3-2-4-18(28-15)23-27-8-6-21(31-23)29-20-5-7-26-22(30-20)10-16-9-19(34-14-16)24(32)33-13-17-11-25-12-17/h2-9,14,17,25H,10-13H2,1H3,(H,26,27,29,30,31). The monoisotopic (exact) mass is 473 g/mol. The number of aromatic nitrogens is 5. The van der Waals surface area contributed by atoms with Gasteiger partial charge in [0, 0.05) is 43.5 Å². The van der Waals surface area contributed by atoms with Gasteiger partial charge in [0.05, 0.1) is 6.61 Å². The predicted molar refractivity (Wildman–Crippen MR) is 129 cm³/mol. The molecule has 9 nitrogen and oxygen atoms in total. The van der Waals surface area contributed by atoms with Crippen molar-refractivity contribution in [2.75, 3.05) is 25.0 Å². The van der Waals surface area contributed by atoms with Crippen molar-refractivity contribution in [1.29, 1.82) is 0 Å². The van der Waals surface area contributed by atoms with Crippen molar-refractivity contribution in [1.82, 2.24) is 30.2 Å². The highest BCUT2D eigenvalue weighted by Gasteiger charge is 2.20. The van der Waals surface area contributed by atoms with Gasteiger partial charge >= 0.3 is 5.97 Å². The fourth-order valence-corrected chi connectivity index (χ4v) is 4.20. The van der Waals surface area contributed by atoms with Crippen molar-refractivity contribution in [3.63, 3.8) is 0 Å². The number of carbonyl (C=O) groups is 1. The van der Waals surface area contributed by atoms with Crippen molar-refractivity contribution < 1.29 is 9.53 Å². The van der Waals surface area contributed by atoms with Crippen LogP contribution in [0.4, 0.5) is 11.6 Å². The molecule has 1 aliphatic heterocycles. The molecule has 0 amide bonds. The molecule has 1 aliphatic rings. The van der Waals surface area contributed by atoms with E-state index in [1.54, 1.807) is 24.5 Å². The smallest absolute Gasteiger partial charge is 0.348 e. The summed E-state index contributed by atoms with van der Waals surface area (Å²) in [5.41, 5.74) is 2.58. The predicted octanol–water partition coefficient (Wildman–Crippen LogP) is 3.41. The highest BCUT2D eigenvalue weighted by Crippen LogP contribution is 2.20. The number of pyridine rings is 1. The average molecular weight is 474 g/mol. The summed E-state index contributed by atoms with van der Waals surface area (Å²) in [5.74, 6) is 2.55. The van der Waals surface area contributed by atoms with Crippen molar-refractivity contribution >= 4 is 28.9 Å². The number of nitrogens with zero attached hydrogens (tertiary/aromatic N) is 5. The van der Waals surface area contributed by atoms with Gasteiger partial charge in [-0.25, -0.2) is 29.7 Å². The lowest BCUT2D eigenvalue weighted by Gasteiger charge is -2.26. The quantitative estimate of drug-likeness (QED) is 0.372. The van der Waals surface area contributed by atoms with Gasteiger partial charge in [-0.3, -0.25) is 0 Å². The van der Waals surface area contributed by atoms with E-state index >= 15 is 0 Å². The van der Waals surface area contributed by atoms with E-state index in [2.05, 4.69) is 35.6 Å². The highest BCUT2D eigenvalue weighted by atomic mass is 32.1. The maximum Gasteiger partial charge on any atom is 0.348 e. The van der Waals surface area contributed by atoms with Crippen molar-refractivity contribution in [3.8, 4) is 11.5 Å². The average Bonchev–Trinajstić information content (AvgIpc) is 3.27. The summed E-state index contributed by atoms with van der Waals surface area (Å²) in [7, 11) is 0. The molecule has 34 heavy (non-hydrogen) atoms. The minimum Gasteiger partial charge on any atom is -0.461 e. The summed E-state index contributed by atoms with van der Waals surface area (Å²) in [4.78, 5) is 35.2. The number of rotatable bonds is 8. The summed E-state index contributed by atoms with van der Waals surface area (Å²) in [6.07, 6.45) is 3.89. The van der Waals surface area contributed by atoms with E-state index in [1.807, 2.05) is 36.6 Å². The molecule has 10 heteroatoms. The normalized spacial score (nSPS) is 13.3. The van der Waals surface area contributed by atoms with E-state index in [0.717, 1.165) is 24.3 Å².